The molecule has 1 aliphatic rings. The third-order valence-corrected chi connectivity index (χ3v) is 7.23. The number of ketones is 1. The molecule has 0 saturated heterocycles. The first kappa shape index (κ1) is 27.0. The fourth-order valence-corrected chi connectivity index (χ4v) is 5.50. The van der Waals surface area contributed by atoms with Crippen LogP contribution in [0.15, 0.2) is 40.1 Å². The van der Waals surface area contributed by atoms with Gasteiger partial charge in [-0.1, -0.05) is 32.1 Å². The number of carbonyl (C=O) groups is 3. The van der Waals surface area contributed by atoms with E-state index in [9.17, 15) is 14.4 Å². The maximum absolute atomic E-state index is 13.3. The Morgan fingerprint density at radius 3 is 2.29 bits per heavy atom. The minimum Gasteiger partial charge on any atom is -0.480 e. The predicted octanol–water partition coefficient (Wildman–Crippen LogP) is 4.33. The zero-order chi connectivity index (χ0) is 25.5. The van der Waals surface area contributed by atoms with Crippen LogP contribution in [0, 0.1) is 0 Å². The third-order valence-electron chi connectivity index (χ3n) is 5.19. The number of nitrogens with two attached hydrogens (primary N) is 1. The summed E-state index contributed by atoms with van der Waals surface area (Å²) < 4.78 is 10.8. The van der Waals surface area contributed by atoms with Crippen molar-refractivity contribution in [1.82, 2.24) is 4.90 Å². The van der Waals surface area contributed by atoms with E-state index in [1.807, 2.05) is 19.9 Å². The summed E-state index contributed by atoms with van der Waals surface area (Å²) in [6.07, 6.45) is 0. The average molecular weight is 533 g/mol. The zero-order valence-corrected chi connectivity index (χ0v) is 22.4. The molecule has 0 spiro atoms. The van der Waals surface area contributed by atoms with Crippen LogP contribution in [-0.4, -0.2) is 58.8 Å². The Hall–Kier alpha value is -2.56. The molecule has 1 heterocycles. The fraction of sp³-hybridized carbons (Fsp3) is 0.360. The number of benzene rings is 2. The van der Waals surface area contributed by atoms with Gasteiger partial charge >= 0.3 is 5.97 Å². The number of ether oxygens (including phenoxy) is 2. The molecule has 35 heavy (non-hydrogen) atoms. The van der Waals surface area contributed by atoms with E-state index in [2.05, 4.69) is 0 Å². The fourth-order valence-electron chi connectivity index (χ4n) is 3.67. The molecule has 186 valence electrons. The lowest BCUT2D eigenvalue weighted by Crippen LogP contribution is -2.30. The van der Waals surface area contributed by atoms with Crippen LogP contribution in [0.3, 0.4) is 0 Å². The van der Waals surface area contributed by atoms with Crippen molar-refractivity contribution >= 4 is 58.4 Å². The molecule has 0 saturated carbocycles. The summed E-state index contributed by atoms with van der Waals surface area (Å²) in [6.45, 7) is 6.09. The van der Waals surface area contributed by atoms with Crippen molar-refractivity contribution in [3.8, 4) is 5.75 Å². The van der Waals surface area contributed by atoms with Crippen molar-refractivity contribution in [2.24, 2.45) is 5.73 Å². The van der Waals surface area contributed by atoms with E-state index in [0.29, 0.717) is 29.0 Å². The van der Waals surface area contributed by atoms with Crippen molar-refractivity contribution in [3.05, 3.63) is 52.6 Å². The van der Waals surface area contributed by atoms with Gasteiger partial charge in [0.25, 0.3) is 5.91 Å². The van der Waals surface area contributed by atoms with Gasteiger partial charge in [0.05, 0.1) is 22.9 Å². The molecular formula is C25H28N2O5S3. The molecule has 1 aliphatic heterocycles. The molecule has 0 fully saturated rings. The minimum absolute atomic E-state index is 0.0502. The maximum Gasteiger partial charge on any atom is 0.344 e. The summed E-state index contributed by atoms with van der Waals surface area (Å²) in [5.41, 5.74) is 8.27. The summed E-state index contributed by atoms with van der Waals surface area (Å²) in [5.74, 6) is 1.28. The molecule has 10 heteroatoms. The van der Waals surface area contributed by atoms with E-state index in [1.165, 1.54) is 28.4 Å². The Labute approximate surface area is 219 Å². The molecule has 0 radical (unpaired) electrons. The molecule has 2 N–H and O–H groups in total. The topological polar surface area (TPSA) is 98.9 Å². The van der Waals surface area contributed by atoms with Crippen LogP contribution in [0.2, 0.25) is 0 Å². The van der Waals surface area contributed by atoms with Crippen molar-refractivity contribution in [2.75, 3.05) is 31.3 Å². The molecule has 0 unspecified atom stereocenters. The molecule has 0 aromatic heterocycles. The van der Waals surface area contributed by atoms with Gasteiger partial charge in [-0.25, -0.2) is 4.79 Å². The maximum atomic E-state index is 13.3. The molecule has 2 aromatic carbocycles. The Balaban J connectivity index is 1.84. The number of carbonyl (C=O) groups excluding carboxylic acids is 3. The van der Waals surface area contributed by atoms with Gasteiger partial charge in [0.15, 0.2) is 12.4 Å². The summed E-state index contributed by atoms with van der Waals surface area (Å²) in [4.78, 5) is 41.3. The Bertz CT molecular complexity index is 1120. The van der Waals surface area contributed by atoms with Crippen LogP contribution in [0.1, 0.15) is 52.6 Å². The smallest absolute Gasteiger partial charge is 0.344 e. The standard InChI is InChI=1S/C25H28N2O5S3/c1-4-31-22(29)14-32-23-20(34-5-2)10-16(11-21(23)35-6-3)19(28)13-27-12-17-9-15(24(26)33)7-8-18(17)25(27)30/h7-11H,4-6,12-14H2,1-3H3,(H2,26,33). The number of rotatable bonds is 12. The number of hydrogen-bond donors (Lipinski definition) is 1. The van der Waals surface area contributed by atoms with E-state index >= 15 is 0 Å². The SMILES string of the molecule is CCOC(=O)COc1c(SCC)cc(C(=O)CN2Cc3cc(C(N)=S)ccc3C2=O)cc1SCC. The van der Waals surface area contributed by atoms with E-state index in [0.717, 1.165) is 26.9 Å². The molecule has 2 aromatic rings. The van der Waals surface area contributed by atoms with E-state index in [1.54, 1.807) is 31.2 Å². The summed E-state index contributed by atoms with van der Waals surface area (Å²) >= 11 is 8.09. The zero-order valence-electron chi connectivity index (χ0n) is 19.9. The van der Waals surface area contributed by atoms with Gasteiger partial charge in [-0.2, -0.15) is 0 Å². The number of nitrogens with zero attached hydrogens (tertiary/aromatic N) is 1. The van der Waals surface area contributed by atoms with Gasteiger partial charge in [-0.05, 0) is 48.3 Å². The van der Waals surface area contributed by atoms with Crippen LogP contribution in [0.5, 0.6) is 5.75 Å². The number of thioether (sulfide) groups is 2. The summed E-state index contributed by atoms with van der Waals surface area (Å²) in [5, 5.41) is 0. The van der Waals surface area contributed by atoms with Crippen LogP contribution in [0.4, 0.5) is 0 Å². The second-order valence-corrected chi connectivity index (χ2v) is 10.6. The molecule has 0 bridgehead atoms. The van der Waals surface area contributed by atoms with E-state index in [4.69, 9.17) is 27.4 Å². The highest BCUT2D eigenvalue weighted by atomic mass is 32.2. The number of fused-ring (bicyclic) bond motifs is 1. The Morgan fingerprint density at radius 1 is 1.06 bits per heavy atom. The lowest BCUT2D eigenvalue weighted by molar-refractivity contribution is -0.145. The van der Waals surface area contributed by atoms with Crippen molar-refractivity contribution in [1.29, 1.82) is 0 Å². The van der Waals surface area contributed by atoms with Crippen molar-refractivity contribution in [3.63, 3.8) is 0 Å². The first-order valence-electron chi connectivity index (χ1n) is 11.3. The van der Waals surface area contributed by atoms with E-state index < -0.39 is 5.97 Å². The van der Waals surface area contributed by atoms with Gasteiger partial charge in [0.2, 0.25) is 0 Å². The normalized spacial score (nSPS) is 12.4. The predicted molar refractivity (Wildman–Crippen MR) is 143 cm³/mol. The molecule has 3 rings (SSSR count). The first-order valence-corrected chi connectivity index (χ1v) is 13.6. The summed E-state index contributed by atoms with van der Waals surface area (Å²) in [6, 6.07) is 8.78. The molecule has 1 amide bonds. The monoisotopic (exact) mass is 532 g/mol. The van der Waals surface area contributed by atoms with Gasteiger partial charge in [0, 0.05) is 23.2 Å². The highest BCUT2D eigenvalue weighted by Crippen LogP contribution is 2.40. The highest BCUT2D eigenvalue weighted by molar-refractivity contribution is 8.00. The van der Waals surface area contributed by atoms with Crippen LogP contribution in [-0.2, 0) is 16.1 Å². The minimum atomic E-state index is -0.446. The second kappa shape index (κ2) is 12.4. The number of esters is 1. The number of Topliss-reactive ketones (excluding diaryl/α,β-unsaturated/α-hetero) is 1. The Kier molecular flexibility index (Phi) is 9.59. The summed E-state index contributed by atoms with van der Waals surface area (Å²) in [7, 11) is 0. The molecule has 7 nitrogen and oxygen atoms in total. The molecular weight excluding hydrogens is 504 g/mol. The van der Waals surface area contributed by atoms with Gasteiger partial charge in [0.1, 0.15) is 10.7 Å². The second-order valence-electron chi connectivity index (χ2n) is 7.58. The highest BCUT2D eigenvalue weighted by Gasteiger charge is 2.30. The molecule has 0 atom stereocenters. The van der Waals surface area contributed by atoms with Crippen LogP contribution < -0.4 is 10.5 Å². The number of amides is 1. The number of hydrogen-bond acceptors (Lipinski definition) is 8. The number of thiocarbonyl (C=S) groups is 1. The quantitative estimate of drug-likeness (QED) is 0.185. The first-order chi connectivity index (χ1) is 16.8. The van der Waals surface area contributed by atoms with Gasteiger partial charge in [-0.15, -0.1) is 23.5 Å². The third kappa shape index (κ3) is 6.56. The average Bonchev–Trinajstić information content (AvgIpc) is 3.13. The van der Waals surface area contributed by atoms with Crippen molar-refractivity contribution in [2.45, 2.75) is 37.1 Å². The van der Waals surface area contributed by atoms with Crippen molar-refractivity contribution < 1.29 is 23.9 Å². The van der Waals surface area contributed by atoms with E-state index in [-0.39, 0.29) is 36.4 Å². The van der Waals surface area contributed by atoms with Gasteiger partial charge < -0.3 is 20.1 Å². The van der Waals surface area contributed by atoms with Gasteiger partial charge in [-0.3, -0.25) is 9.59 Å². The molecule has 0 aliphatic carbocycles. The Morgan fingerprint density at radius 2 is 1.71 bits per heavy atom. The largest absolute Gasteiger partial charge is 0.480 e. The van der Waals surface area contributed by atoms with Crippen LogP contribution in [0.25, 0.3) is 0 Å². The lowest BCUT2D eigenvalue weighted by atomic mass is 10.1. The van der Waals surface area contributed by atoms with Crippen LogP contribution >= 0.6 is 35.7 Å². The lowest BCUT2D eigenvalue weighted by Gasteiger charge is -2.18.